The van der Waals surface area contributed by atoms with E-state index in [0.717, 1.165) is 17.5 Å². The zero-order valence-electron chi connectivity index (χ0n) is 14.0. The summed E-state index contributed by atoms with van der Waals surface area (Å²) >= 11 is 6.18. The fraction of sp³-hybridized carbons (Fsp3) is 0.471. The highest BCUT2D eigenvalue weighted by atomic mass is 35.5. The molecule has 1 saturated heterocycles. The van der Waals surface area contributed by atoms with Gasteiger partial charge < -0.3 is 25.2 Å². The predicted octanol–water partition coefficient (Wildman–Crippen LogP) is 2.66. The van der Waals surface area contributed by atoms with Crippen LogP contribution in [-0.2, 0) is 9.47 Å². The quantitative estimate of drug-likeness (QED) is 0.646. The molecule has 3 heterocycles. The molecule has 2 aromatic rings. The highest BCUT2D eigenvalue weighted by molar-refractivity contribution is 6.33. The molecule has 2 aromatic heterocycles. The van der Waals surface area contributed by atoms with Gasteiger partial charge in [-0.25, -0.2) is 9.97 Å². The molecule has 25 heavy (non-hydrogen) atoms. The summed E-state index contributed by atoms with van der Waals surface area (Å²) in [4.78, 5) is 8.43. The van der Waals surface area contributed by atoms with Gasteiger partial charge in [-0.15, -0.1) is 0 Å². The van der Waals surface area contributed by atoms with Gasteiger partial charge in [0.25, 0.3) is 0 Å². The van der Waals surface area contributed by atoms with Crippen LogP contribution >= 0.6 is 11.6 Å². The number of nitrogens with two attached hydrogens (primary N) is 1. The average molecular weight is 362 g/mol. The summed E-state index contributed by atoms with van der Waals surface area (Å²) in [5.41, 5.74) is 7.61. The minimum atomic E-state index is -0.674. The third-order valence-electron chi connectivity index (χ3n) is 4.96. The molecule has 0 unspecified atom stereocenters. The minimum absolute atomic E-state index is 0.0120. The number of rotatable bonds is 3. The molecule has 132 valence electrons. The van der Waals surface area contributed by atoms with Crippen LogP contribution < -0.4 is 5.73 Å². The molecule has 0 amide bonds. The van der Waals surface area contributed by atoms with Crippen molar-refractivity contribution in [3.8, 4) is 0 Å². The molecule has 2 fully saturated rings. The number of allylic oxidation sites excluding steroid dienone is 1. The Kier molecular flexibility index (Phi) is 3.82. The second-order valence-electron chi connectivity index (χ2n) is 6.93. The van der Waals surface area contributed by atoms with Crippen LogP contribution in [0.4, 0.5) is 0 Å². The van der Waals surface area contributed by atoms with E-state index in [1.165, 1.54) is 12.5 Å². The lowest BCUT2D eigenvalue weighted by atomic mass is 10.0. The van der Waals surface area contributed by atoms with Crippen molar-refractivity contribution < 1.29 is 9.47 Å². The van der Waals surface area contributed by atoms with Crippen LogP contribution in [0, 0.1) is 11.3 Å². The maximum atomic E-state index is 7.29. The largest absolute Gasteiger partial charge is 0.402 e. The number of nitrogens with one attached hydrogen (secondary N) is 1. The van der Waals surface area contributed by atoms with Gasteiger partial charge in [0.15, 0.2) is 5.79 Å². The van der Waals surface area contributed by atoms with Crippen molar-refractivity contribution in [3.05, 3.63) is 35.5 Å². The van der Waals surface area contributed by atoms with Gasteiger partial charge in [-0.2, -0.15) is 0 Å². The highest BCUT2D eigenvalue weighted by Crippen LogP contribution is 2.49. The van der Waals surface area contributed by atoms with Crippen LogP contribution in [0.1, 0.15) is 26.3 Å². The summed E-state index contributed by atoms with van der Waals surface area (Å²) < 4.78 is 14.4. The van der Waals surface area contributed by atoms with Gasteiger partial charge in [-0.1, -0.05) is 11.6 Å². The van der Waals surface area contributed by atoms with Crippen LogP contribution in [0.5, 0.6) is 0 Å². The lowest BCUT2D eigenvalue weighted by Gasteiger charge is -2.24. The Morgan fingerprint density at radius 3 is 2.92 bits per heavy atom. The molecule has 4 atom stereocenters. The van der Waals surface area contributed by atoms with Crippen LogP contribution in [-0.4, -0.2) is 38.7 Å². The molecule has 0 aromatic carbocycles. The van der Waals surface area contributed by atoms with Crippen molar-refractivity contribution in [2.75, 3.05) is 0 Å². The molecule has 7 nitrogen and oxygen atoms in total. The van der Waals surface area contributed by atoms with E-state index in [1.807, 2.05) is 26.1 Å². The van der Waals surface area contributed by atoms with E-state index in [2.05, 4.69) is 14.5 Å². The van der Waals surface area contributed by atoms with Gasteiger partial charge in [0.2, 0.25) is 0 Å². The highest BCUT2D eigenvalue weighted by Gasteiger charge is 2.55. The Morgan fingerprint density at radius 2 is 2.16 bits per heavy atom. The van der Waals surface area contributed by atoms with E-state index in [1.54, 1.807) is 6.08 Å². The van der Waals surface area contributed by atoms with Gasteiger partial charge in [0, 0.05) is 24.0 Å². The second kappa shape index (κ2) is 5.79. The molecule has 2 aliphatic rings. The van der Waals surface area contributed by atoms with Gasteiger partial charge in [-0.05, 0) is 32.4 Å². The molecule has 0 bridgehead atoms. The molecule has 8 heteroatoms. The van der Waals surface area contributed by atoms with E-state index in [9.17, 15) is 0 Å². The zero-order chi connectivity index (χ0) is 17.8. The molecule has 0 radical (unpaired) electrons. The Morgan fingerprint density at radius 1 is 1.40 bits per heavy atom. The first-order valence-electron chi connectivity index (χ1n) is 8.20. The number of aromatic nitrogens is 3. The van der Waals surface area contributed by atoms with Crippen molar-refractivity contribution >= 4 is 28.8 Å². The van der Waals surface area contributed by atoms with E-state index in [-0.39, 0.29) is 24.2 Å². The molecule has 1 aliphatic carbocycles. The van der Waals surface area contributed by atoms with Gasteiger partial charge in [0.1, 0.15) is 23.2 Å². The van der Waals surface area contributed by atoms with Crippen LogP contribution in [0.15, 0.2) is 30.4 Å². The van der Waals surface area contributed by atoms with E-state index in [0.29, 0.717) is 10.9 Å². The fourth-order valence-electron chi connectivity index (χ4n) is 3.98. The number of hydrogen-bond acceptors (Lipinski definition) is 6. The molecule has 0 spiro atoms. The lowest BCUT2D eigenvalue weighted by Crippen LogP contribution is -2.28. The van der Waals surface area contributed by atoms with Crippen molar-refractivity contribution in [1.29, 1.82) is 5.41 Å². The van der Waals surface area contributed by atoms with Crippen molar-refractivity contribution in [3.63, 3.8) is 0 Å². The summed E-state index contributed by atoms with van der Waals surface area (Å²) in [7, 11) is 0. The molecule has 4 rings (SSSR count). The monoisotopic (exact) mass is 361 g/mol. The smallest absolute Gasteiger partial charge is 0.163 e. The molecule has 3 N–H and O–H groups in total. The zero-order valence-corrected chi connectivity index (χ0v) is 14.8. The number of nitrogens with zero attached hydrogens (tertiary/aromatic N) is 3. The van der Waals surface area contributed by atoms with Crippen LogP contribution in [0.3, 0.4) is 0 Å². The maximum absolute atomic E-state index is 7.29. The summed E-state index contributed by atoms with van der Waals surface area (Å²) in [6.45, 7) is 3.81. The summed E-state index contributed by atoms with van der Waals surface area (Å²) in [5.74, 6) is -0.694. The van der Waals surface area contributed by atoms with Crippen molar-refractivity contribution in [2.45, 2.75) is 44.3 Å². The van der Waals surface area contributed by atoms with Crippen LogP contribution in [0.2, 0.25) is 5.15 Å². The molecular formula is C17H20ClN5O2. The second-order valence-corrected chi connectivity index (χ2v) is 7.29. The van der Waals surface area contributed by atoms with E-state index < -0.39 is 5.79 Å². The molecule has 1 saturated carbocycles. The van der Waals surface area contributed by atoms with Crippen LogP contribution in [0.25, 0.3) is 11.0 Å². The van der Waals surface area contributed by atoms with Gasteiger partial charge >= 0.3 is 0 Å². The van der Waals surface area contributed by atoms with Crippen molar-refractivity contribution in [2.24, 2.45) is 11.7 Å². The maximum Gasteiger partial charge on any atom is 0.163 e. The summed E-state index contributed by atoms with van der Waals surface area (Å²) in [6.07, 6.45) is 6.67. The Balaban J connectivity index is 1.77. The number of hydrogen-bond donors (Lipinski definition) is 2. The molecular weight excluding hydrogens is 342 g/mol. The Hall–Kier alpha value is -1.96. The van der Waals surface area contributed by atoms with Gasteiger partial charge in [0.05, 0.1) is 17.5 Å². The topological polar surface area (TPSA) is 99.0 Å². The number of ether oxygens (including phenoxy) is 2. The minimum Gasteiger partial charge on any atom is -0.402 e. The number of halogens is 1. The summed E-state index contributed by atoms with van der Waals surface area (Å²) in [5, 5.41) is 8.54. The van der Waals surface area contributed by atoms with E-state index >= 15 is 0 Å². The lowest BCUT2D eigenvalue weighted by molar-refractivity contribution is -0.158. The third-order valence-corrected chi connectivity index (χ3v) is 5.26. The first-order chi connectivity index (χ1) is 11.9. The summed E-state index contributed by atoms with van der Waals surface area (Å²) in [6, 6.07) is 1.93. The standard InChI is InChI=1S/C17H20ClN5O2/c1-17(2)24-13-10(11(20)3-5-19)7-12(14(13)25-17)23-6-4-9-15(18)21-8-22-16(9)23/h3-6,8,10,12-14,19H,7,20H2,1-2H3/b11-3-,19-5?/t10-,12-,13-,14+/m1/s1. The normalized spacial score (nSPS) is 31.4. The average Bonchev–Trinajstić information content (AvgIpc) is 3.18. The van der Waals surface area contributed by atoms with Gasteiger partial charge in [-0.3, -0.25) is 0 Å². The van der Waals surface area contributed by atoms with Crippen molar-refractivity contribution in [1.82, 2.24) is 14.5 Å². The first kappa shape index (κ1) is 16.5. The Labute approximate surface area is 150 Å². The SMILES string of the molecule is CC1(C)O[C@@H]2[C@H](O1)[C@@H](/C(N)=C/C=N)C[C@H]2n1ccc2c(Cl)ncnc21. The third kappa shape index (κ3) is 2.63. The predicted molar refractivity (Wildman–Crippen MR) is 94.6 cm³/mol. The molecule has 1 aliphatic heterocycles. The van der Waals surface area contributed by atoms with E-state index in [4.69, 9.17) is 32.2 Å². The first-order valence-corrected chi connectivity index (χ1v) is 8.58. The number of fused-ring (bicyclic) bond motifs is 2. The Bertz CT molecular complexity index is 862. The fourth-order valence-corrected chi connectivity index (χ4v) is 4.17.